The van der Waals surface area contributed by atoms with Crippen molar-refractivity contribution in [2.75, 3.05) is 0 Å². The molecule has 41 heavy (non-hydrogen) atoms. The molecule has 1 unspecified atom stereocenters. The number of benzene rings is 1. The summed E-state index contributed by atoms with van der Waals surface area (Å²) in [6.07, 6.45) is 1.62. The summed E-state index contributed by atoms with van der Waals surface area (Å²) in [5.41, 5.74) is 8.56. The summed E-state index contributed by atoms with van der Waals surface area (Å²) in [7, 11) is 0. The number of fused-ring (bicyclic) bond motifs is 5. The highest BCUT2D eigenvalue weighted by atomic mass is 19.1. The molecule has 3 atom stereocenters. The van der Waals surface area contributed by atoms with E-state index in [9.17, 15) is 19.5 Å². The van der Waals surface area contributed by atoms with E-state index in [2.05, 4.69) is 5.32 Å². The highest BCUT2D eigenvalue weighted by Gasteiger charge is 2.46. The first kappa shape index (κ1) is 27.5. The van der Waals surface area contributed by atoms with Crippen molar-refractivity contribution in [1.82, 2.24) is 14.9 Å². The molecule has 4 N–H and O–H groups in total. The number of nitrogens with zero attached hydrogens (tertiary/aromatic N) is 2. The molecule has 1 aromatic carbocycles. The third-order valence-electron chi connectivity index (χ3n) is 8.86. The fraction of sp³-hybridized carbons (Fsp3) is 0.484. The van der Waals surface area contributed by atoms with Crippen LogP contribution in [0.1, 0.15) is 86.4 Å². The second-order valence-corrected chi connectivity index (χ2v) is 12.8. The number of hydrogen-bond donors (Lipinski definition) is 3. The maximum absolute atomic E-state index is 15.1. The topological polar surface area (TPSA) is 137 Å². The van der Waals surface area contributed by atoms with Gasteiger partial charge in [0.15, 0.2) is 5.60 Å². The number of aliphatic hydroxyl groups is 1. The van der Waals surface area contributed by atoms with Crippen LogP contribution in [0.4, 0.5) is 4.39 Å². The van der Waals surface area contributed by atoms with Crippen LogP contribution in [-0.2, 0) is 39.5 Å². The third-order valence-corrected chi connectivity index (χ3v) is 8.86. The van der Waals surface area contributed by atoms with Crippen molar-refractivity contribution in [3.8, 4) is 11.4 Å². The van der Waals surface area contributed by atoms with Crippen LogP contribution in [0.5, 0.6) is 0 Å². The molecule has 9 nitrogen and oxygen atoms in total. The van der Waals surface area contributed by atoms with Crippen molar-refractivity contribution < 1.29 is 23.8 Å². The minimum atomic E-state index is -1.95. The second-order valence-electron chi connectivity index (χ2n) is 12.8. The minimum absolute atomic E-state index is 0.0295. The lowest BCUT2D eigenvalue weighted by molar-refractivity contribution is -0.172. The molecule has 1 aliphatic carbocycles. The molecular weight excluding hydrogens is 527 g/mol. The second kappa shape index (κ2) is 9.19. The van der Waals surface area contributed by atoms with Crippen LogP contribution in [0.2, 0.25) is 0 Å². The largest absolute Gasteiger partial charge is 0.458 e. The lowest BCUT2D eigenvalue weighted by Gasteiger charge is -2.31. The van der Waals surface area contributed by atoms with Gasteiger partial charge in [-0.1, -0.05) is 27.7 Å². The van der Waals surface area contributed by atoms with E-state index in [1.807, 2.05) is 20.8 Å². The smallest absolute Gasteiger partial charge is 0.343 e. The highest BCUT2D eigenvalue weighted by molar-refractivity contribution is 5.94. The first-order chi connectivity index (χ1) is 19.2. The summed E-state index contributed by atoms with van der Waals surface area (Å²) >= 11 is 0. The van der Waals surface area contributed by atoms with Gasteiger partial charge < -0.3 is 25.5 Å². The molecule has 0 radical (unpaired) electrons. The lowest BCUT2D eigenvalue weighted by atomic mass is 9.81. The van der Waals surface area contributed by atoms with E-state index in [1.165, 1.54) is 6.07 Å². The fourth-order valence-electron chi connectivity index (χ4n) is 6.73. The zero-order valence-corrected chi connectivity index (χ0v) is 24.0. The third kappa shape index (κ3) is 4.10. The molecule has 2 aliphatic heterocycles. The molecule has 3 aliphatic rings. The Balaban J connectivity index is 1.56. The summed E-state index contributed by atoms with van der Waals surface area (Å²) in [4.78, 5) is 44.4. The van der Waals surface area contributed by atoms with E-state index >= 15 is 4.39 Å². The molecule has 216 valence electrons. The number of cyclic esters (lactones) is 1. The Morgan fingerprint density at radius 3 is 2.71 bits per heavy atom. The molecule has 0 bridgehead atoms. The molecule has 0 spiro atoms. The lowest BCUT2D eigenvalue weighted by Crippen LogP contribution is -2.45. The number of esters is 1. The monoisotopic (exact) mass is 562 g/mol. The number of aryl methyl sites for hydroxylation is 1. The minimum Gasteiger partial charge on any atom is -0.458 e. The Morgan fingerprint density at radius 1 is 1.29 bits per heavy atom. The number of aromatic nitrogens is 2. The summed E-state index contributed by atoms with van der Waals surface area (Å²) in [5, 5.41) is 15.2. The fourth-order valence-corrected chi connectivity index (χ4v) is 6.73. The average Bonchev–Trinajstić information content (AvgIpc) is 3.28. The number of amides is 1. The van der Waals surface area contributed by atoms with Crippen molar-refractivity contribution in [1.29, 1.82) is 0 Å². The van der Waals surface area contributed by atoms with Crippen LogP contribution in [0.3, 0.4) is 0 Å². The van der Waals surface area contributed by atoms with Crippen LogP contribution in [0.25, 0.3) is 22.3 Å². The molecule has 10 heteroatoms. The maximum atomic E-state index is 15.1. The standard InChI is InChI=1S/C31H35FN4O5/c1-6-31(40)18-9-23-26-16(12-36(23)28(38)17(18)13-41-29(31)39)25-21(35-27(37)20(33)11-30(3,4)5)8-7-15-14(2)19(32)10-22(34-26)24(15)25/h9-10,20-21,40H,6-8,11-13,33H2,1-5H3,(H,35,37)/t20?,21-,31-/m0/s1. The van der Waals surface area contributed by atoms with Crippen LogP contribution < -0.4 is 16.6 Å². The maximum Gasteiger partial charge on any atom is 0.343 e. The zero-order chi connectivity index (χ0) is 29.6. The molecule has 0 saturated heterocycles. The van der Waals surface area contributed by atoms with Gasteiger partial charge in [-0.25, -0.2) is 14.2 Å². The molecule has 1 amide bonds. The molecule has 2 aromatic heterocycles. The number of carbonyl (C=O) groups excluding carboxylic acids is 2. The van der Waals surface area contributed by atoms with Gasteiger partial charge in [-0.05, 0) is 60.8 Å². The SMILES string of the molecule is CC[C@@]1(O)C(=O)OCc2c1cc1n(c2=O)Cc2c-1nc1cc(F)c(C)c3c1c2[C@@H](NC(=O)C(N)CC(C)(C)C)CC3. The molecule has 4 heterocycles. The number of ether oxygens (including phenoxy) is 1. The van der Waals surface area contributed by atoms with Crippen molar-refractivity contribution >= 4 is 22.8 Å². The van der Waals surface area contributed by atoms with Gasteiger partial charge in [0.2, 0.25) is 5.91 Å². The number of nitrogens with one attached hydrogen (secondary N) is 1. The van der Waals surface area contributed by atoms with E-state index in [4.69, 9.17) is 15.5 Å². The van der Waals surface area contributed by atoms with Crippen molar-refractivity contribution in [3.63, 3.8) is 0 Å². The predicted octanol–water partition coefficient (Wildman–Crippen LogP) is 3.39. The average molecular weight is 563 g/mol. The van der Waals surface area contributed by atoms with Gasteiger partial charge in [0.1, 0.15) is 12.4 Å². The van der Waals surface area contributed by atoms with Gasteiger partial charge >= 0.3 is 5.97 Å². The van der Waals surface area contributed by atoms with Gasteiger partial charge in [-0.2, -0.15) is 0 Å². The van der Waals surface area contributed by atoms with Gasteiger partial charge in [0, 0.05) is 22.6 Å². The number of halogens is 1. The van der Waals surface area contributed by atoms with E-state index in [0.29, 0.717) is 41.7 Å². The Morgan fingerprint density at radius 2 is 2.02 bits per heavy atom. The van der Waals surface area contributed by atoms with Crippen LogP contribution >= 0.6 is 0 Å². The van der Waals surface area contributed by atoms with Gasteiger partial charge in [0.25, 0.3) is 5.56 Å². The van der Waals surface area contributed by atoms with Gasteiger partial charge in [-0.15, -0.1) is 0 Å². The van der Waals surface area contributed by atoms with Gasteiger partial charge in [0.05, 0.1) is 41.1 Å². The van der Waals surface area contributed by atoms with E-state index in [1.54, 1.807) is 24.5 Å². The molecule has 6 rings (SSSR count). The number of rotatable bonds is 4. The molecule has 0 fully saturated rings. The summed E-state index contributed by atoms with van der Waals surface area (Å²) in [6.45, 7) is 9.43. The van der Waals surface area contributed by atoms with Gasteiger partial charge in [-0.3, -0.25) is 9.59 Å². The zero-order valence-electron chi connectivity index (χ0n) is 24.0. The van der Waals surface area contributed by atoms with Crippen LogP contribution in [0.15, 0.2) is 16.9 Å². The summed E-state index contributed by atoms with van der Waals surface area (Å²) < 4.78 is 21.8. The number of pyridine rings is 2. The Hall–Kier alpha value is -3.63. The molecule has 3 aromatic rings. The highest BCUT2D eigenvalue weighted by Crippen LogP contribution is 2.46. The van der Waals surface area contributed by atoms with E-state index in [0.717, 1.165) is 22.1 Å². The first-order valence-electron chi connectivity index (χ1n) is 14.1. The van der Waals surface area contributed by atoms with Crippen molar-refractivity contribution in [3.05, 3.63) is 61.7 Å². The molecular formula is C31H35FN4O5. The van der Waals surface area contributed by atoms with E-state index < -0.39 is 23.7 Å². The quantitative estimate of drug-likeness (QED) is 0.324. The number of hydrogen-bond acceptors (Lipinski definition) is 7. The Kier molecular flexibility index (Phi) is 6.17. The first-order valence-corrected chi connectivity index (χ1v) is 14.1. The van der Waals surface area contributed by atoms with Crippen molar-refractivity contribution in [2.45, 2.75) is 91.1 Å². The number of nitrogens with two attached hydrogens (primary N) is 1. The predicted molar refractivity (Wildman–Crippen MR) is 150 cm³/mol. The Labute approximate surface area is 236 Å². The summed E-state index contributed by atoms with van der Waals surface area (Å²) in [5.74, 6) is -1.43. The number of carbonyl (C=O) groups is 2. The Bertz CT molecular complexity index is 1720. The van der Waals surface area contributed by atoms with Crippen LogP contribution in [0, 0.1) is 18.2 Å². The molecule has 0 saturated carbocycles. The van der Waals surface area contributed by atoms with E-state index in [-0.39, 0.29) is 53.4 Å². The van der Waals surface area contributed by atoms with Crippen molar-refractivity contribution in [2.24, 2.45) is 11.1 Å². The van der Waals surface area contributed by atoms with Crippen LogP contribution in [-0.4, -0.2) is 32.6 Å². The normalized spacial score (nSPS) is 21.7. The summed E-state index contributed by atoms with van der Waals surface area (Å²) in [6, 6.07) is 1.92.